The number of nitrogens with two attached hydrogens (primary N) is 1. The average molecular weight is 2010 g/mol. The fourth-order valence-electron chi connectivity index (χ4n) is 15.4. The third kappa shape index (κ3) is 43.2. The summed E-state index contributed by atoms with van der Waals surface area (Å²) >= 11 is 3.54. The van der Waals surface area contributed by atoms with Gasteiger partial charge in [-0.15, -0.1) is 63.0 Å². The Kier molecular flexibility index (Phi) is 53.7. The number of nitrogens with zero attached hydrogens (tertiary/aromatic N) is 6. The van der Waals surface area contributed by atoms with Crippen molar-refractivity contribution in [2.75, 3.05) is 115 Å². The van der Waals surface area contributed by atoms with Crippen LogP contribution in [0.25, 0.3) is 0 Å². The quantitative estimate of drug-likeness (QED) is 0.0201. The number of carbonyl (C=O) groups excluding carboxylic acids is 24. The number of rotatable bonds is 71. The smallest absolute Gasteiger partial charge is 0.242 e. The van der Waals surface area contributed by atoms with Gasteiger partial charge >= 0.3 is 0 Å². The molecule has 10 unspecified atom stereocenters. The third-order valence-corrected chi connectivity index (χ3v) is 28.4. The molecule has 24 amide bonds. The van der Waals surface area contributed by atoms with Crippen molar-refractivity contribution in [2.45, 2.75) is 282 Å². The summed E-state index contributed by atoms with van der Waals surface area (Å²) < 4.78 is 0. The van der Waals surface area contributed by atoms with E-state index in [1.807, 2.05) is 0 Å². The Hall–Kier alpha value is -9.18. The summed E-state index contributed by atoms with van der Waals surface area (Å²) in [5.41, 5.74) is 3.66. The predicted octanol–water partition coefficient (Wildman–Crippen LogP) is -0.830. The van der Waals surface area contributed by atoms with Crippen LogP contribution in [0.4, 0.5) is 0 Å². The Labute approximate surface area is 806 Å². The van der Waals surface area contributed by atoms with Gasteiger partial charge in [-0.1, -0.05) is 44.9 Å². The van der Waals surface area contributed by atoms with E-state index < -0.39 is 128 Å². The molecule has 6 aliphatic rings. The molecule has 0 radical (unpaired) electrons. The van der Waals surface area contributed by atoms with Gasteiger partial charge in [0.15, 0.2) is 0 Å². The molecule has 0 bridgehead atoms. The second kappa shape index (κ2) is 63.3. The normalized spacial score (nSPS) is 18.8. The molecule has 0 aromatic heterocycles. The van der Waals surface area contributed by atoms with Crippen LogP contribution >= 0.6 is 63.0 Å². The van der Waals surface area contributed by atoms with Gasteiger partial charge in [0.1, 0.15) is 12.1 Å². The second-order valence-corrected chi connectivity index (χ2v) is 40.3. The highest BCUT2D eigenvalue weighted by atomic mass is 32.2. The summed E-state index contributed by atoms with van der Waals surface area (Å²) in [5.74, 6) is -8.46. The number of imide groups is 6. The largest absolute Gasteiger partial charge is 0.370 e. The lowest BCUT2D eigenvalue weighted by molar-refractivity contribution is -0.140. The Morgan fingerprint density at radius 2 is 0.474 bits per heavy atom. The van der Waals surface area contributed by atoms with E-state index in [1.165, 1.54) is 23.5 Å². The number of hydrogen-bond acceptors (Lipinski definition) is 27. The van der Waals surface area contributed by atoms with Crippen LogP contribution in [-0.2, 0) is 115 Å². The predicted molar refractivity (Wildman–Crippen MR) is 511 cm³/mol. The number of primary amides is 1. The molecule has 6 aliphatic heterocycles. The van der Waals surface area contributed by atoms with E-state index in [0.29, 0.717) is 141 Å². The van der Waals surface area contributed by atoms with Crippen LogP contribution in [0.5, 0.6) is 0 Å². The monoisotopic (exact) mass is 2010 g/mol. The molecule has 6 rings (SSSR count). The van der Waals surface area contributed by atoms with Gasteiger partial charge in [0.2, 0.25) is 142 Å². The molecule has 42 nitrogen and oxygen atoms in total. The highest BCUT2D eigenvalue weighted by Gasteiger charge is 2.43. The van der Waals surface area contributed by atoms with Crippen molar-refractivity contribution in [3.63, 3.8) is 0 Å². The molecular formula is C87H137N18O24P3S3. The van der Waals surface area contributed by atoms with Crippen LogP contribution in [0.15, 0.2) is 0 Å². The highest BCUT2D eigenvalue weighted by Crippen LogP contribution is 2.30. The molecule has 6 heterocycles. The number of nitrogens with one attached hydrogen (secondary N) is 11. The fraction of sp³-hybridized carbons (Fsp3) is 0.724. The minimum Gasteiger partial charge on any atom is -0.370 e. The summed E-state index contributed by atoms with van der Waals surface area (Å²) in [5, 5.41) is 28.8. The van der Waals surface area contributed by atoms with Gasteiger partial charge in [-0.3, -0.25) is 144 Å². The van der Waals surface area contributed by atoms with Crippen molar-refractivity contribution in [2.24, 2.45) is 5.73 Å². The van der Waals surface area contributed by atoms with Crippen molar-refractivity contribution in [3.8, 4) is 0 Å². The number of thioether (sulfide) groups is 3. The van der Waals surface area contributed by atoms with Crippen LogP contribution in [0.3, 0.4) is 0 Å². The summed E-state index contributed by atoms with van der Waals surface area (Å²) in [6.07, 6.45) is 12.0. The van der Waals surface area contributed by atoms with Gasteiger partial charge in [-0.2, -0.15) is 0 Å². The lowest BCUT2D eigenvalue weighted by atomic mass is 10.1. The number of carbonyl (C=O) groups is 24. The van der Waals surface area contributed by atoms with Gasteiger partial charge in [0.25, 0.3) is 0 Å². The van der Waals surface area contributed by atoms with Gasteiger partial charge in [0, 0.05) is 218 Å². The number of amides is 24. The minimum absolute atomic E-state index is 0.0193. The molecule has 0 saturated carbocycles. The zero-order valence-electron chi connectivity index (χ0n) is 77.0. The van der Waals surface area contributed by atoms with E-state index in [0.717, 1.165) is 73.3 Å². The minimum atomic E-state index is -1.06. The number of hydrogen-bond donors (Lipinski definition) is 12. The first kappa shape index (κ1) is 115. The van der Waals surface area contributed by atoms with E-state index in [4.69, 9.17) is 5.73 Å². The summed E-state index contributed by atoms with van der Waals surface area (Å²) in [4.78, 5) is 310. The van der Waals surface area contributed by atoms with Crippen molar-refractivity contribution in [1.29, 1.82) is 0 Å². The topological polar surface area (TPSA) is 587 Å². The molecule has 135 heavy (non-hydrogen) atoms. The molecule has 0 spiro atoms. The van der Waals surface area contributed by atoms with Crippen molar-refractivity contribution in [3.05, 3.63) is 0 Å². The Balaban J connectivity index is 0.832. The first-order chi connectivity index (χ1) is 64.6. The standard InChI is InChI=1S/C87H137N18O24P3S3/c88-64(106)23-41-103-77(119)53-61(85(103)127)133-47-29-69(111)94-34-13-4-6-16-40-97-81(123)57(21-10-19-38-92-68(110)26-44-104-78(120)54-62(86(104)128)134-48-30-70(112)93-33-12-2-1-11-32-89-65(107)22-8-7-17-36-90-66(108)24-42-100-74(116)50-58(130)82(100)124)99-73(115)28-46-105-79(121)55-63(87(105)129)135-49-31-71(113)95-35-14-3-5-15-39-96-80(122)56(98-72(114)27-45-102-76(118)52-60(132)84(102)126)20-9-18-37-91-67(109)25-43-101-75(117)51-59(131)83(101)125/h56-63H,1-55,130-132H2,(H2,88,106)(H,89,107)(H,90,108)(H,91,109)(H,92,110)(H,93,112)(H,94,111)(H,95,113)(H,96,122)(H,97,123)(H,98,114)(H,99,115)/t56?,57-,58?,59?,60?,61?,62?,63?/m0/s1. The molecule has 6 saturated heterocycles. The zero-order valence-corrected chi connectivity index (χ0v) is 82.9. The molecule has 6 fully saturated rings. The van der Waals surface area contributed by atoms with Crippen LogP contribution in [0.1, 0.15) is 238 Å². The van der Waals surface area contributed by atoms with E-state index in [1.54, 1.807) is 0 Å². The first-order valence-electron chi connectivity index (χ1n) is 47.1. The van der Waals surface area contributed by atoms with Crippen LogP contribution < -0.4 is 64.2 Å². The third-order valence-electron chi connectivity index (χ3n) is 23.2. The average Bonchev–Trinajstić information content (AvgIpc) is 1.73. The second-order valence-electron chi connectivity index (χ2n) is 34.0. The van der Waals surface area contributed by atoms with E-state index in [9.17, 15) is 115 Å². The molecule has 48 heteroatoms. The van der Waals surface area contributed by atoms with Crippen molar-refractivity contribution < 1.29 is 115 Å². The van der Waals surface area contributed by atoms with Gasteiger partial charge in [-0.05, 0) is 89.9 Å². The van der Waals surface area contributed by atoms with Crippen LogP contribution in [0.2, 0.25) is 0 Å². The first-order valence-corrected chi connectivity index (χ1v) is 52.2. The fourth-order valence-corrected chi connectivity index (χ4v) is 19.9. The zero-order chi connectivity index (χ0) is 98.7. The molecular weight excluding hydrogens is 1870 g/mol. The molecule has 13 N–H and O–H groups in total. The maximum Gasteiger partial charge on any atom is 0.242 e. The highest BCUT2D eigenvalue weighted by molar-refractivity contribution is 8.01. The van der Waals surface area contributed by atoms with E-state index in [-0.39, 0.29) is 239 Å². The van der Waals surface area contributed by atoms with Gasteiger partial charge in [-0.25, -0.2) is 0 Å². The molecule has 0 aromatic rings. The summed E-state index contributed by atoms with van der Waals surface area (Å²) in [6, 6.07) is -2.02. The Bertz CT molecular complexity index is 4180. The molecule has 0 aromatic carbocycles. The van der Waals surface area contributed by atoms with Gasteiger partial charge < -0.3 is 64.2 Å². The maximum atomic E-state index is 13.8. The molecule has 752 valence electrons. The van der Waals surface area contributed by atoms with E-state index in [2.05, 4.69) is 86.2 Å². The number of likely N-dealkylation sites (tertiary alicyclic amines) is 6. The summed E-state index contributed by atoms with van der Waals surface area (Å²) in [6.45, 7) is 2.42. The molecule has 0 aliphatic carbocycles. The van der Waals surface area contributed by atoms with E-state index >= 15 is 0 Å². The van der Waals surface area contributed by atoms with Crippen LogP contribution in [-0.4, -0.2) is 331 Å². The number of unbranched alkanes of at least 4 members (excludes halogenated alkanes) is 13. The molecule has 11 atom stereocenters. The van der Waals surface area contributed by atoms with Crippen LogP contribution in [0, 0.1) is 0 Å². The van der Waals surface area contributed by atoms with Crippen molar-refractivity contribution >= 4 is 205 Å². The van der Waals surface area contributed by atoms with Crippen molar-refractivity contribution in [1.82, 2.24) is 87.9 Å². The van der Waals surface area contributed by atoms with Gasteiger partial charge in [0.05, 0.1) is 32.7 Å². The lowest BCUT2D eigenvalue weighted by Crippen LogP contribution is -2.47. The maximum absolute atomic E-state index is 13.8. The SMILES string of the molecule is NC(=O)CCN1C(=O)CC(SCCC(=O)NCCCCCCNC(=O)[C@H](CCCCNC(=O)CCN2C(=O)CC(SCCC(=O)NCCCCCCNC(=O)CCCCCNC(=O)CCN3C(=O)CC(P)C3=O)C2=O)NC(=O)CCN2C(=O)CC(SCCC(=O)NCCCCCCNC(=O)C(CCCCNC(=O)CCN3C(=O)CC(P)C3=O)NC(=O)CCN3C(=O)CC(P)C3=O)C2=O)C1=O. The Morgan fingerprint density at radius 1 is 0.259 bits per heavy atom. The summed E-state index contributed by atoms with van der Waals surface area (Å²) in [7, 11) is 6.97. The lowest BCUT2D eigenvalue weighted by Gasteiger charge is -2.20. The Morgan fingerprint density at radius 3 is 0.733 bits per heavy atom.